The highest BCUT2D eigenvalue weighted by Gasteiger charge is 2.30. The Hall–Kier alpha value is -1.16. The van der Waals surface area contributed by atoms with Crippen LogP contribution in [-0.2, 0) is 14.3 Å². The van der Waals surface area contributed by atoms with Crippen LogP contribution in [0.4, 0.5) is 0 Å². The van der Waals surface area contributed by atoms with Crippen LogP contribution in [0.15, 0.2) is 12.2 Å². The SMILES string of the molecule is CCC[C@@H](O)C(=O)/C=C/C[C@@H]1OC(=O)C[C@H]1C. The summed E-state index contributed by atoms with van der Waals surface area (Å²) in [6, 6.07) is 0. The zero-order valence-electron chi connectivity index (χ0n) is 10.4. The van der Waals surface area contributed by atoms with Gasteiger partial charge in [-0.2, -0.15) is 0 Å². The molecular weight excluding hydrogens is 220 g/mol. The normalized spacial score (nSPS) is 26.2. The molecule has 0 unspecified atom stereocenters. The van der Waals surface area contributed by atoms with Crippen molar-refractivity contribution in [2.24, 2.45) is 5.92 Å². The van der Waals surface area contributed by atoms with Gasteiger partial charge >= 0.3 is 5.97 Å². The summed E-state index contributed by atoms with van der Waals surface area (Å²) in [5.74, 6) is -0.250. The fraction of sp³-hybridized carbons (Fsp3) is 0.692. The van der Waals surface area contributed by atoms with Gasteiger partial charge in [0.25, 0.3) is 0 Å². The molecule has 0 aromatic rings. The van der Waals surface area contributed by atoms with Crippen molar-refractivity contribution in [3.05, 3.63) is 12.2 Å². The Morgan fingerprint density at radius 3 is 2.88 bits per heavy atom. The lowest BCUT2D eigenvalue weighted by atomic mass is 10.0. The van der Waals surface area contributed by atoms with E-state index in [1.165, 1.54) is 6.08 Å². The first-order chi connectivity index (χ1) is 8.04. The van der Waals surface area contributed by atoms with Crippen LogP contribution in [0.2, 0.25) is 0 Å². The monoisotopic (exact) mass is 240 g/mol. The summed E-state index contributed by atoms with van der Waals surface area (Å²) >= 11 is 0. The third-order valence-electron chi connectivity index (χ3n) is 2.95. The van der Waals surface area contributed by atoms with E-state index in [4.69, 9.17) is 4.74 Å². The number of ether oxygens (including phenoxy) is 1. The van der Waals surface area contributed by atoms with Gasteiger partial charge in [0.05, 0.1) is 6.42 Å². The van der Waals surface area contributed by atoms with Crippen LogP contribution < -0.4 is 0 Å². The molecule has 1 saturated heterocycles. The summed E-state index contributed by atoms with van der Waals surface area (Å²) in [6.07, 6.45) is 4.29. The van der Waals surface area contributed by atoms with Crippen LogP contribution in [0, 0.1) is 5.92 Å². The molecular formula is C13H20O4. The largest absolute Gasteiger partial charge is 0.462 e. The van der Waals surface area contributed by atoms with Crippen LogP contribution >= 0.6 is 0 Å². The Kier molecular flexibility index (Phi) is 5.35. The Balaban J connectivity index is 2.35. The molecule has 1 aliphatic rings. The van der Waals surface area contributed by atoms with E-state index in [9.17, 15) is 14.7 Å². The topological polar surface area (TPSA) is 63.6 Å². The molecule has 1 N–H and O–H groups in total. The molecule has 0 radical (unpaired) electrons. The van der Waals surface area contributed by atoms with Gasteiger partial charge in [0, 0.05) is 12.3 Å². The van der Waals surface area contributed by atoms with Gasteiger partial charge in [-0.05, 0) is 12.5 Å². The molecule has 1 rings (SSSR count). The van der Waals surface area contributed by atoms with Crippen LogP contribution in [-0.4, -0.2) is 29.1 Å². The third-order valence-corrected chi connectivity index (χ3v) is 2.95. The Morgan fingerprint density at radius 1 is 1.65 bits per heavy atom. The van der Waals surface area contributed by atoms with E-state index in [0.717, 1.165) is 6.42 Å². The minimum atomic E-state index is -0.903. The zero-order chi connectivity index (χ0) is 12.8. The third kappa shape index (κ3) is 4.30. The lowest BCUT2D eigenvalue weighted by Gasteiger charge is -2.10. The van der Waals surface area contributed by atoms with E-state index in [1.807, 2.05) is 13.8 Å². The van der Waals surface area contributed by atoms with E-state index in [1.54, 1.807) is 6.08 Å². The highest BCUT2D eigenvalue weighted by atomic mass is 16.5. The summed E-state index contributed by atoms with van der Waals surface area (Å²) in [6.45, 7) is 3.87. The van der Waals surface area contributed by atoms with Crippen molar-refractivity contribution >= 4 is 11.8 Å². The molecule has 0 saturated carbocycles. The van der Waals surface area contributed by atoms with Crippen molar-refractivity contribution in [1.82, 2.24) is 0 Å². The second-order valence-corrected chi connectivity index (χ2v) is 4.55. The average molecular weight is 240 g/mol. The number of carbonyl (C=O) groups is 2. The van der Waals surface area contributed by atoms with Gasteiger partial charge in [-0.1, -0.05) is 26.3 Å². The van der Waals surface area contributed by atoms with E-state index in [2.05, 4.69) is 0 Å². The zero-order valence-corrected chi connectivity index (χ0v) is 10.4. The van der Waals surface area contributed by atoms with Gasteiger partial charge in [-0.25, -0.2) is 0 Å². The standard InChI is InChI=1S/C13H20O4/c1-3-5-10(14)11(15)6-4-7-12-9(2)8-13(16)17-12/h4,6,9-10,12,14H,3,5,7-8H2,1-2H3/b6-4+/t9-,10-,12+/m1/s1. The molecule has 0 bridgehead atoms. The fourth-order valence-corrected chi connectivity index (χ4v) is 1.85. The number of hydrogen-bond acceptors (Lipinski definition) is 4. The van der Waals surface area contributed by atoms with E-state index >= 15 is 0 Å². The van der Waals surface area contributed by atoms with E-state index < -0.39 is 6.10 Å². The number of ketones is 1. The van der Waals surface area contributed by atoms with E-state index in [-0.39, 0.29) is 23.8 Å². The highest BCUT2D eigenvalue weighted by Crippen LogP contribution is 2.24. The van der Waals surface area contributed by atoms with Crippen molar-refractivity contribution in [2.45, 2.75) is 51.7 Å². The second kappa shape index (κ2) is 6.55. The maximum atomic E-state index is 11.4. The summed E-state index contributed by atoms with van der Waals surface area (Å²) in [7, 11) is 0. The molecule has 0 aliphatic carbocycles. The van der Waals surface area contributed by atoms with Gasteiger partial charge in [-0.3, -0.25) is 9.59 Å². The Bertz CT molecular complexity index is 309. The number of carbonyl (C=O) groups excluding carboxylic acids is 2. The molecule has 0 aromatic carbocycles. The van der Waals surface area contributed by atoms with Crippen LogP contribution in [0.5, 0.6) is 0 Å². The van der Waals surface area contributed by atoms with Gasteiger partial charge in [0.15, 0.2) is 5.78 Å². The van der Waals surface area contributed by atoms with Crippen molar-refractivity contribution in [3.63, 3.8) is 0 Å². The highest BCUT2D eigenvalue weighted by molar-refractivity contribution is 5.93. The van der Waals surface area contributed by atoms with Crippen molar-refractivity contribution in [2.75, 3.05) is 0 Å². The van der Waals surface area contributed by atoms with Crippen LogP contribution in [0.25, 0.3) is 0 Å². The maximum absolute atomic E-state index is 11.4. The summed E-state index contributed by atoms with van der Waals surface area (Å²) in [5.41, 5.74) is 0. The fourth-order valence-electron chi connectivity index (χ4n) is 1.85. The molecule has 0 spiro atoms. The second-order valence-electron chi connectivity index (χ2n) is 4.55. The predicted molar refractivity (Wildman–Crippen MR) is 63.3 cm³/mol. The van der Waals surface area contributed by atoms with Crippen LogP contribution in [0.1, 0.15) is 39.5 Å². The molecule has 0 amide bonds. The minimum Gasteiger partial charge on any atom is -0.462 e. The Labute approximate surface area is 102 Å². The first kappa shape index (κ1) is 13.9. The first-order valence-corrected chi connectivity index (χ1v) is 6.12. The van der Waals surface area contributed by atoms with Crippen molar-refractivity contribution in [1.29, 1.82) is 0 Å². The quantitative estimate of drug-likeness (QED) is 0.566. The molecule has 1 aliphatic heterocycles. The number of esters is 1. The number of hydrogen-bond donors (Lipinski definition) is 1. The van der Waals surface area contributed by atoms with Gasteiger partial charge < -0.3 is 9.84 Å². The molecule has 0 aromatic heterocycles. The molecule has 1 fully saturated rings. The lowest BCUT2D eigenvalue weighted by molar-refractivity contribution is -0.141. The minimum absolute atomic E-state index is 0.130. The molecule has 4 nitrogen and oxygen atoms in total. The molecule has 17 heavy (non-hydrogen) atoms. The van der Waals surface area contributed by atoms with Gasteiger partial charge in [0.2, 0.25) is 0 Å². The van der Waals surface area contributed by atoms with E-state index in [0.29, 0.717) is 19.3 Å². The van der Waals surface area contributed by atoms with Crippen molar-refractivity contribution in [3.8, 4) is 0 Å². The van der Waals surface area contributed by atoms with Crippen molar-refractivity contribution < 1.29 is 19.4 Å². The number of cyclic esters (lactones) is 1. The summed E-state index contributed by atoms with van der Waals surface area (Å²) in [5, 5.41) is 9.42. The summed E-state index contributed by atoms with van der Waals surface area (Å²) in [4.78, 5) is 22.4. The maximum Gasteiger partial charge on any atom is 0.306 e. The number of rotatable bonds is 6. The predicted octanol–water partition coefficient (Wildman–Crippen LogP) is 1.61. The molecule has 4 heteroatoms. The van der Waals surface area contributed by atoms with Crippen LogP contribution in [0.3, 0.4) is 0 Å². The molecule has 96 valence electrons. The summed E-state index contributed by atoms with van der Waals surface area (Å²) < 4.78 is 5.10. The lowest BCUT2D eigenvalue weighted by Crippen LogP contribution is -2.18. The first-order valence-electron chi connectivity index (χ1n) is 6.12. The number of aliphatic hydroxyl groups is 1. The average Bonchev–Trinajstić information content (AvgIpc) is 2.57. The Morgan fingerprint density at radius 2 is 2.35 bits per heavy atom. The number of aliphatic hydroxyl groups excluding tert-OH is 1. The molecule has 3 atom stereocenters. The smallest absolute Gasteiger partial charge is 0.306 e. The molecule has 1 heterocycles. The van der Waals surface area contributed by atoms with Gasteiger partial charge in [-0.15, -0.1) is 0 Å². The van der Waals surface area contributed by atoms with Gasteiger partial charge in [0.1, 0.15) is 12.2 Å².